The molecule has 0 spiro atoms. The molecule has 0 bridgehead atoms. The highest BCUT2D eigenvalue weighted by Gasteiger charge is 2.31. The maximum Gasteiger partial charge on any atom is 0.254 e. The summed E-state index contributed by atoms with van der Waals surface area (Å²) in [6, 6.07) is 8.84. The van der Waals surface area contributed by atoms with Gasteiger partial charge in [-0.1, -0.05) is 31.5 Å². The minimum Gasteiger partial charge on any atom is -0.336 e. The smallest absolute Gasteiger partial charge is 0.254 e. The van der Waals surface area contributed by atoms with Gasteiger partial charge in [0.2, 0.25) is 10.0 Å². The van der Waals surface area contributed by atoms with Crippen LogP contribution in [0.2, 0.25) is 0 Å². The number of hydrogen-bond acceptors (Lipinski definition) is 5. The first kappa shape index (κ1) is 23.4. The van der Waals surface area contributed by atoms with Crippen molar-refractivity contribution in [2.45, 2.75) is 51.5 Å². The van der Waals surface area contributed by atoms with Gasteiger partial charge in [-0.15, -0.1) is 0 Å². The molecule has 3 aromatic rings. The molecule has 1 fully saturated rings. The van der Waals surface area contributed by atoms with E-state index in [-0.39, 0.29) is 35.9 Å². The van der Waals surface area contributed by atoms with E-state index >= 15 is 0 Å². The zero-order valence-electron chi connectivity index (χ0n) is 19.8. The van der Waals surface area contributed by atoms with E-state index in [9.17, 15) is 13.2 Å². The highest BCUT2D eigenvalue weighted by atomic mass is 32.2. The standard InChI is InChI=1S/C24H31N5O3S/c1-16(2)22-14-20(21-15-25-29(17(3)4)23(21)26-22)24(30)27-10-12-28(13-11-27)33(31,32)19-8-6-18(5)7-9-19/h6-9,14-17H,10-13H2,1-5H3. The Bertz CT molecular complexity index is 1270. The molecule has 0 N–H and O–H groups in total. The predicted octanol–water partition coefficient (Wildman–Crippen LogP) is 3.59. The molecule has 1 amide bonds. The molecule has 1 aliphatic heterocycles. The van der Waals surface area contributed by atoms with E-state index in [4.69, 9.17) is 4.98 Å². The Morgan fingerprint density at radius 1 is 1.00 bits per heavy atom. The number of sulfonamides is 1. The molecular weight excluding hydrogens is 438 g/mol. The Morgan fingerprint density at radius 3 is 2.21 bits per heavy atom. The van der Waals surface area contributed by atoms with E-state index in [0.717, 1.165) is 16.6 Å². The number of piperazine rings is 1. The van der Waals surface area contributed by atoms with Gasteiger partial charge in [0.25, 0.3) is 5.91 Å². The van der Waals surface area contributed by atoms with Gasteiger partial charge < -0.3 is 4.90 Å². The minimum absolute atomic E-state index is 0.111. The van der Waals surface area contributed by atoms with Crippen molar-refractivity contribution >= 4 is 27.0 Å². The first-order valence-corrected chi connectivity index (χ1v) is 12.8. The molecule has 0 unspecified atom stereocenters. The van der Waals surface area contributed by atoms with Gasteiger partial charge in [0, 0.05) is 37.9 Å². The van der Waals surface area contributed by atoms with Crippen LogP contribution in [0, 0.1) is 6.92 Å². The first-order chi connectivity index (χ1) is 15.6. The number of benzene rings is 1. The summed E-state index contributed by atoms with van der Waals surface area (Å²) in [5.41, 5.74) is 3.13. The lowest BCUT2D eigenvalue weighted by molar-refractivity contribution is 0.0699. The summed E-state index contributed by atoms with van der Waals surface area (Å²) in [6.45, 7) is 11.3. The van der Waals surface area contributed by atoms with E-state index < -0.39 is 10.0 Å². The van der Waals surface area contributed by atoms with Gasteiger partial charge in [0.15, 0.2) is 5.65 Å². The Balaban J connectivity index is 1.58. The molecule has 0 radical (unpaired) electrons. The quantitative estimate of drug-likeness (QED) is 0.570. The maximum atomic E-state index is 13.5. The number of carbonyl (C=O) groups excluding carboxylic acids is 1. The zero-order valence-corrected chi connectivity index (χ0v) is 20.6. The van der Waals surface area contributed by atoms with Crippen LogP contribution in [0.15, 0.2) is 41.4 Å². The third-order valence-electron chi connectivity index (χ3n) is 6.08. The van der Waals surface area contributed by atoms with Crippen LogP contribution in [0.25, 0.3) is 11.0 Å². The Hall–Kier alpha value is -2.78. The third kappa shape index (κ3) is 4.39. The van der Waals surface area contributed by atoms with Crippen LogP contribution in [0.3, 0.4) is 0 Å². The van der Waals surface area contributed by atoms with Crippen LogP contribution in [0.5, 0.6) is 0 Å². The number of amides is 1. The van der Waals surface area contributed by atoms with Crippen molar-refractivity contribution in [3.8, 4) is 0 Å². The van der Waals surface area contributed by atoms with Gasteiger partial charge in [-0.25, -0.2) is 18.1 Å². The summed E-state index contributed by atoms with van der Waals surface area (Å²) >= 11 is 0. The zero-order chi connectivity index (χ0) is 23.9. The Morgan fingerprint density at radius 2 is 1.64 bits per heavy atom. The molecule has 3 heterocycles. The van der Waals surface area contributed by atoms with E-state index in [1.807, 2.05) is 45.4 Å². The van der Waals surface area contributed by atoms with Gasteiger partial charge in [-0.3, -0.25) is 4.79 Å². The van der Waals surface area contributed by atoms with Crippen molar-refractivity contribution in [1.29, 1.82) is 0 Å². The van der Waals surface area contributed by atoms with Gasteiger partial charge >= 0.3 is 0 Å². The fourth-order valence-corrected chi connectivity index (χ4v) is 5.47. The van der Waals surface area contributed by atoms with E-state index in [2.05, 4.69) is 5.10 Å². The Labute approximate surface area is 195 Å². The summed E-state index contributed by atoms with van der Waals surface area (Å²) < 4.78 is 29.3. The summed E-state index contributed by atoms with van der Waals surface area (Å²) in [6.07, 6.45) is 1.71. The molecule has 1 saturated heterocycles. The fourth-order valence-electron chi connectivity index (χ4n) is 4.05. The molecule has 1 aliphatic rings. The number of fused-ring (bicyclic) bond motifs is 1. The molecule has 0 aliphatic carbocycles. The second kappa shape index (κ2) is 8.87. The van der Waals surface area contributed by atoms with Crippen molar-refractivity contribution in [1.82, 2.24) is 24.0 Å². The normalized spacial score (nSPS) is 15.7. The number of aromatic nitrogens is 3. The van der Waals surface area contributed by atoms with Crippen LogP contribution in [0.1, 0.15) is 61.3 Å². The highest BCUT2D eigenvalue weighted by molar-refractivity contribution is 7.89. The molecule has 0 saturated carbocycles. The summed E-state index contributed by atoms with van der Waals surface area (Å²) in [5, 5.41) is 5.19. The van der Waals surface area contributed by atoms with Crippen molar-refractivity contribution in [3.05, 3.63) is 53.3 Å². The second-order valence-corrected chi connectivity index (χ2v) is 11.1. The summed E-state index contributed by atoms with van der Waals surface area (Å²) in [7, 11) is -3.58. The molecular formula is C24H31N5O3S. The largest absolute Gasteiger partial charge is 0.336 e. The number of nitrogens with zero attached hydrogens (tertiary/aromatic N) is 5. The number of pyridine rings is 1. The number of carbonyl (C=O) groups is 1. The molecule has 33 heavy (non-hydrogen) atoms. The monoisotopic (exact) mass is 469 g/mol. The minimum atomic E-state index is -3.58. The van der Waals surface area contributed by atoms with Crippen LogP contribution in [0.4, 0.5) is 0 Å². The maximum absolute atomic E-state index is 13.5. The van der Waals surface area contributed by atoms with Crippen LogP contribution in [-0.2, 0) is 10.0 Å². The van der Waals surface area contributed by atoms with Crippen LogP contribution in [-0.4, -0.2) is 64.5 Å². The van der Waals surface area contributed by atoms with Crippen LogP contribution >= 0.6 is 0 Å². The molecule has 9 heteroatoms. The van der Waals surface area contributed by atoms with Gasteiger partial charge in [-0.2, -0.15) is 9.40 Å². The lowest BCUT2D eigenvalue weighted by Gasteiger charge is -2.34. The summed E-state index contributed by atoms with van der Waals surface area (Å²) in [4.78, 5) is 20.3. The van der Waals surface area contributed by atoms with Gasteiger partial charge in [0.1, 0.15) is 0 Å². The van der Waals surface area contributed by atoms with E-state index in [0.29, 0.717) is 24.3 Å². The molecule has 8 nitrogen and oxygen atoms in total. The third-order valence-corrected chi connectivity index (χ3v) is 8.00. The summed E-state index contributed by atoms with van der Waals surface area (Å²) in [5.74, 6) is 0.0490. The van der Waals surface area contributed by atoms with E-state index in [1.165, 1.54) is 4.31 Å². The first-order valence-electron chi connectivity index (χ1n) is 11.3. The highest BCUT2D eigenvalue weighted by Crippen LogP contribution is 2.26. The molecule has 176 valence electrons. The van der Waals surface area contributed by atoms with Crippen LogP contribution < -0.4 is 0 Å². The van der Waals surface area contributed by atoms with Crippen molar-refractivity contribution in [2.24, 2.45) is 0 Å². The second-order valence-electron chi connectivity index (χ2n) is 9.18. The molecule has 2 aromatic heterocycles. The molecule has 4 rings (SSSR count). The predicted molar refractivity (Wildman–Crippen MR) is 128 cm³/mol. The van der Waals surface area contributed by atoms with Gasteiger partial charge in [-0.05, 0) is 44.9 Å². The fraction of sp³-hybridized carbons (Fsp3) is 0.458. The lowest BCUT2D eigenvalue weighted by Crippen LogP contribution is -2.50. The topological polar surface area (TPSA) is 88.4 Å². The van der Waals surface area contributed by atoms with E-state index in [1.54, 1.807) is 35.4 Å². The van der Waals surface area contributed by atoms with Crippen molar-refractivity contribution < 1.29 is 13.2 Å². The average Bonchev–Trinajstić information content (AvgIpc) is 3.23. The van der Waals surface area contributed by atoms with Crippen molar-refractivity contribution in [3.63, 3.8) is 0 Å². The number of hydrogen-bond donors (Lipinski definition) is 0. The molecule has 0 atom stereocenters. The number of rotatable bonds is 5. The lowest BCUT2D eigenvalue weighted by atomic mass is 10.0. The Kier molecular flexibility index (Phi) is 6.28. The SMILES string of the molecule is Cc1ccc(S(=O)(=O)N2CCN(C(=O)c3cc(C(C)C)nc4c3cnn4C(C)C)CC2)cc1. The van der Waals surface area contributed by atoms with Gasteiger partial charge in [0.05, 0.1) is 22.0 Å². The number of aryl methyl sites for hydroxylation is 1. The average molecular weight is 470 g/mol. The molecule has 1 aromatic carbocycles. The van der Waals surface area contributed by atoms with Crippen molar-refractivity contribution in [2.75, 3.05) is 26.2 Å².